The van der Waals surface area contributed by atoms with Crippen molar-refractivity contribution in [1.82, 2.24) is 5.32 Å². The van der Waals surface area contributed by atoms with E-state index in [-0.39, 0.29) is 6.61 Å². The van der Waals surface area contributed by atoms with Gasteiger partial charge in [0.2, 0.25) is 0 Å². The second-order valence-electron chi connectivity index (χ2n) is 5.76. The second-order valence-corrected chi connectivity index (χ2v) is 5.76. The topological polar surface area (TPSA) is 58.6 Å². The minimum absolute atomic E-state index is 0.258. The lowest BCUT2D eigenvalue weighted by Crippen LogP contribution is -2.36. The summed E-state index contributed by atoms with van der Waals surface area (Å²) in [5.74, 6) is 0.796. The first kappa shape index (κ1) is 19.4. The van der Waals surface area contributed by atoms with Crippen LogP contribution in [0.2, 0.25) is 0 Å². The van der Waals surface area contributed by atoms with Crippen LogP contribution in [0, 0.1) is 0 Å². The molecule has 2 atom stereocenters. The van der Waals surface area contributed by atoms with Crippen LogP contribution in [0.3, 0.4) is 0 Å². The van der Waals surface area contributed by atoms with Crippen molar-refractivity contribution in [3.05, 3.63) is 42.5 Å². The number of aliphatic hydroxyl groups excluding tert-OH is 1. The molecule has 0 aliphatic carbocycles. The molecule has 2 unspecified atom stereocenters. The summed E-state index contributed by atoms with van der Waals surface area (Å²) < 4.78 is 5.72. The van der Waals surface area contributed by atoms with Crippen molar-refractivity contribution in [2.75, 3.05) is 13.2 Å². The Labute approximate surface area is 139 Å². The van der Waals surface area contributed by atoms with Gasteiger partial charge >= 0.3 is 0 Å². The molecule has 0 amide bonds. The number of hydrogen-bond acceptors (Lipinski definition) is 4. The smallest absolute Gasteiger partial charge is 0.198 e. The summed E-state index contributed by atoms with van der Waals surface area (Å²) in [6, 6.07) is 8.11. The molecule has 1 aromatic rings. The summed E-state index contributed by atoms with van der Waals surface area (Å²) in [5, 5.41) is 13.3. The molecule has 0 bridgehead atoms. The number of carbonyl (C=O) groups excluding carboxylic acids is 1. The zero-order valence-corrected chi connectivity index (χ0v) is 14.0. The molecule has 0 saturated carbocycles. The molecule has 0 aliphatic heterocycles. The van der Waals surface area contributed by atoms with E-state index in [2.05, 4.69) is 18.8 Å². The highest BCUT2D eigenvalue weighted by molar-refractivity contribution is 5.50. The molecule has 1 rings (SSSR count). The van der Waals surface area contributed by atoms with Crippen molar-refractivity contribution in [3.8, 4) is 5.75 Å². The van der Waals surface area contributed by atoms with Crippen LogP contribution >= 0.6 is 0 Å². The van der Waals surface area contributed by atoms with E-state index in [4.69, 9.17) is 4.74 Å². The fourth-order valence-electron chi connectivity index (χ4n) is 2.30. The molecular weight excluding hydrogens is 290 g/mol. The van der Waals surface area contributed by atoms with Crippen LogP contribution in [0.1, 0.15) is 38.2 Å². The largest absolute Gasteiger partial charge is 0.491 e. The van der Waals surface area contributed by atoms with Gasteiger partial charge in [0.15, 0.2) is 6.29 Å². The Balaban J connectivity index is 2.25. The molecule has 4 heteroatoms. The lowest BCUT2D eigenvalue weighted by molar-refractivity contribution is 0.103. The summed E-state index contributed by atoms with van der Waals surface area (Å²) in [6.07, 6.45) is 7.29. The predicted octanol–water partition coefficient (Wildman–Crippen LogP) is 2.80. The first-order valence-corrected chi connectivity index (χ1v) is 8.25. The van der Waals surface area contributed by atoms with Crippen molar-refractivity contribution in [2.24, 2.45) is 0 Å². The van der Waals surface area contributed by atoms with Crippen LogP contribution in [0.15, 0.2) is 36.9 Å². The van der Waals surface area contributed by atoms with E-state index in [0.717, 1.165) is 37.0 Å². The Bertz CT molecular complexity index is 462. The number of nitrogens with one attached hydrogen (secondary N) is 1. The molecule has 1 aromatic carbocycles. The van der Waals surface area contributed by atoms with Crippen LogP contribution < -0.4 is 10.1 Å². The summed E-state index contributed by atoms with van der Waals surface area (Å²) in [4.78, 5) is 10.1. The number of ether oxygens (including phenoxy) is 1. The van der Waals surface area contributed by atoms with E-state index in [1.54, 1.807) is 0 Å². The van der Waals surface area contributed by atoms with E-state index >= 15 is 0 Å². The van der Waals surface area contributed by atoms with Crippen molar-refractivity contribution < 1.29 is 14.6 Å². The van der Waals surface area contributed by atoms with Crippen LogP contribution in [0.25, 0.3) is 0 Å². The second kappa shape index (κ2) is 11.9. The van der Waals surface area contributed by atoms with Gasteiger partial charge in [-0.25, -0.2) is 0 Å². The van der Waals surface area contributed by atoms with Crippen LogP contribution in [-0.2, 0) is 11.2 Å². The molecule has 0 heterocycles. The lowest BCUT2D eigenvalue weighted by atomic mass is 10.1. The molecular formula is C19H28NO3. The minimum Gasteiger partial charge on any atom is -0.491 e. The molecule has 23 heavy (non-hydrogen) atoms. The Morgan fingerprint density at radius 1 is 1.39 bits per heavy atom. The summed E-state index contributed by atoms with van der Waals surface area (Å²) in [6.45, 7) is 6.57. The number of allylic oxidation sites excluding steroid dienone is 1. The third-order valence-electron chi connectivity index (χ3n) is 3.64. The van der Waals surface area contributed by atoms with Gasteiger partial charge in [-0.2, -0.15) is 0 Å². The third-order valence-corrected chi connectivity index (χ3v) is 3.64. The van der Waals surface area contributed by atoms with Crippen LogP contribution in [0.5, 0.6) is 5.75 Å². The van der Waals surface area contributed by atoms with Gasteiger partial charge in [0.1, 0.15) is 18.5 Å². The molecule has 2 N–H and O–H groups in total. The molecule has 127 valence electrons. The monoisotopic (exact) mass is 318 g/mol. The Morgan fingerprint density at radius 2 is 2.17 bits per heavy atom. The zero-order valence-electron chi connectivity index (χ0n) is 14.0. The normalized spacial score (nSPS) is 13.3. The maximum absolute atomic E-state index is 10.1. The van der Waals surface area contributed by atoms with Crippen molar-refractivity contribution >= 4 is 6.29 Å². The highest BCUT2D eigenvalue weighted by Gasteiger charge is 2.09. The van der Waals surface area contributed by atoms with E-state index in [1.807, 2.05) is 36.6 Å². The number of para-hydroxylation sites is 1. The fourth-order valence-corrected chi connectivity index (χ4v) is 2.30. The number of benzene rings is 1. The first-order chi connectivity index (χ1) is 11.2. The Morgan fingerprint density at radius 3 is 2.91 bits per heavy atom. The maximum atomic E-state index is 10.1. The Hall–Kier alpha value is -1.65. The fraction of sp³-hybridized carbons (Fsp3) is 0.526. The molecule has 0 aromatic heterocycles. The van der Waals surface area contributed by atoms with E-state index in [1.165, 1.54) is 0 Å². The van der Waals surface area contributed by atoms with Crippen molar-refractivity contribution in [2.45, 2.75) is 51.2 Å². The van der Waals surface area contributed by atoms with E-state index in [0.29, 0.717) is 19.0 Å². The lowest BCUT2D eigenvalue weighted by Gasteiger charge is -2.18. The average Bonchev–Trinajstić information content (AvgIpc) is 2.56. The molecule has 0 spiro atoms. The summed E-state index contributed by atoms with van der Waals surface area (Å²) >= 11 is 0. The van der Waals surface area contributed by atoms with Crippen molar-refractivity contribution in [1.29, 1.82) is 0 Å². The van der Waals surface area contributed by atoms with Gasteiger partial charge in [-0.15, -0.1) is 6.58 Å². The molecule has 0 fully saturated rings. The molecule has 4 nitrogen and oxygen atoms in total. The SMILES string of the molecule is C=CCc1ccccc1OCC(O)CNC(C)CCCC[C]=O. The standard InChI is InChI=1S/C19H28NO3/c1-3-9-17-11-6-7-12-19(17)23-15-18(22)14-20-16(2)10-5-4-8-13-21/h3,6-7,11-12,16,18,20,22H,1,4-5,8-10,14-15H2,2H3. The van der Waals surface area contributed by atoms with E-state index in [9.17, 15) is 9.90 Å². The number of aliphatic hydroxyl groups is 1. The number of unbranched alkanes of at least 4 members (excludes halogenated alkanes) is 2. The van der Waals surface area contributed by atoms with Gasteiger partial charge < -0.3 is 15.2 Å². The van der Waals surface area contributed by atoms with Gasteiger partial charge in [-0.1, -0.05) is 30.7 Å². The Kier molecular flexibility index (Phi) is 10.00. The van der Waals surface area contributed by atoms with Crippen LogP contribution in [-0.4, -0.2) is 36.7 Å². The maximum Gasteiger partial charge on any atom is 0.198 e. The number of rotatable bonds is 13. The number of hydrogen-bond donors (Lipinski definition) is 2. The highest BCUT2D eigenvalue weighted by Crippen LogP contribution is 2.18. The van der Waals surface area contributed by atoms with Gasteiger partial charge in [0, 0.05) is 19.0 Å². The molecule has 0 saturated heterocycles. The third kappa shape index (κ3) is 8.53. The summed E-state index contributed by atoms with van der Waals surface area (Å²) in [7, 11) is 0. The van der Waals surface area contributed by atoms with E-state index < -0.39 is 6.10 Å². The predicted molar refractivity (Wildman–Crippen MR) is 93.5 cm³/mol. The van der Waals surface area contributed by atoms with Gasteiger partial charge in [-0.3, -0.25) is 4.79 Å². The molecule has 1 radical (unpaired) electrons. The zero-order chi connectivity index (χ0) is 16.9. The van der Waals surface area contributed by atoms with Gasteiger partial charge in [0.05, 0.1) is 0 Å². The quantitative estimate of drug-likeness (QED) is 0.434. The minimum atomic E-state index is -0.558. The average molecular weight is 318 g/mol. The summed E-state index contributed by atoms with van der Waals surface area (Å²) in [5.41, 5.74) is 1.07. The van der Waals surface area contributed by atoms with Crippen molar-refractivity contribution in [3.63, 3.8) is 0 Å². The van der Waals surface area contributed by atoms with Gasteiger partial charge in [0.25, 0.3) is 0 Å². The van der Waals surface area contributed by atoms with Crippen LogP contribution in [0.4, 0.5) is 0 Å². The molecule has 0 aliphatic rings. The highest BCUT2D eigenvalue weighted by atomic mass is 16.5. The van der Waals surface area contributed by atoms with Gasteiger partial charge in [-0.05, 0) is 37.8 Å². The first-order valence-electron chi connectivity index (χ1n) is 8.25.